The van der Waals surface area contributed by atoms with Gasteiger partial charge in [-0.2, -0.15) is 0 Å². The highest BCUT2D eigenvalue weighted by Crippen LogP contribution is 2.24. The van der Waals surface area contributed by atoms with Crippen LogP contribution in [0.25, 0.3) is 0 Å². The molecule has 1 aromatic carbocycles. The third-order valence-corrected chi connectivity index (χ3v) is 3.77. The average Bonchev–Trinajstić information content (AvgIpc) is 2.95. The molecule has 2 aromatic rings. The molecule has 0 aliphatic rings. The van der Waals surface area contributed by atoms with Gasteiger partial charge in [-0.15, -0.1) is 5.10 Å². The summed E-state index contributed by atoms with van der Waals surface area (Å²) in [6.07, 6.45) is 0. The maximum atomic E-state index is 12.1. The molecule has 2 rings (SSSR count). The number of aromatic nitrogens is 2. The minimum absolute atomic E-state index is 0.120. The number of rotatable bonds is 7. The number of methoxy groups -OCH3 is 1. The van der Waals surface area contributed by atoms with E-state index in [4.69, 9.17) is 9.15 Å². The Morgan fingerprint density at radius 3 is 2.79 bits per heavy atom. The summed E-state index contributed by atoms with van der Waals surface area (Å²) in [5.74, 6) is 1.18. The molecule has 0 bridgehead atoms. The number of carbonyl (C=O) groups excluding carboxylic acids is 1. The SMILES string of the molecule is COc1ccc(Br)cc1CN(C)CC(=O)Nc1nnc(C(C)C)o1. The number of nitrogens with zero attached hydrogens (tertiary/aromatic N) is 3. The number of halogens is 1. The monoisotopic (exact) mass is 396 g/mol. The summed E-state index contributed by atoms with van der Waals surface area (Å²) < 4.78 is 11.7. The Balaban J connectivity index is 1.92. The molecular formula is C16H21BrN4O3. The van der Waals surface area contributed by atoms with Crippen LogP contribution in [0.4, 0.5) is 6.01 Å². The van der Waals surface area contributed by atoms with Gasteiger partial charge in [0, 0.05) is 22.5 Å². The molecule has 1 heterocycles. The van der Waals surface area contributed by atoms with Gasteiger partial charge >= 0.3 is 6.01 Å². The Hall–Kier alpha value is -1.93. The van der Waals surface area contributed by atoms with Crippen molar-refractivity contribution in [3.8, 4) is 5.75 Å². The molecule has 1 N–H and O–H groups in total. The maximum Gasteiger partial charge on any atom is 0.322 e. The molecule has 7 nitrogen and oxygen atoms in total. The third kappa shape index (κ3) is 5.04. The van der Waals surface area contributed by atoms with Crippen molar-refractivity contribution in [3.05, 3.63) is 34.1 Å². The van der Waals surface area contributed by atoms with Crippen molar-refractivity contribution in [3.63, 3.8) is 0 Å². The molecule has 0 aliphatic carbocycles. The van der Waals surface area contributed by atoms with Gasteiger partial charge in [0.05, 0.1) is 13.7 Å². The van der Waals surface area contributed by atoms with E-state index in [1.807, 2.05) is 44.0 Å². The van der Waals surface area contributed by atoms with E-state index in [1.165, 1.54) is 0 Å². The number of hydrogen-bond donors (Lipinski definition) is 1. The van der Waals surface area contributed by atoms with Crippen LogP contribution in [0.1, 0.15) is 31.2 Å². The van der Waals surface area contributed by atoms with Crippen LogP contribution in [0, 0.1) is 0 Å². The Labute approximate surface area is 149 Å². The zero-order valence-corrected chi connectivity index (χ0v) is 15.8. The molecule has 24 heavy (non-hydrogen) atoms. The summed E-state index contributed by atoms with van der Waals surface area (Å²) in [6, 6.07) is 5.90. The Morgan fingerprint density at radius 2 is 2.17 bits per heavy atom. The van der Waals surface area contributed by atoms with E-state index in [9.17, 15) is 4.79 Å². The van der Waals surface area contributed by atoms with Gasteiger partial charge < -0.3 is 9.15 Å². The highest BCUT2D eigenvalue weighted by molar-refractivity contribution is 9.10. The first kappa shape index (κ1) is 18.4. The number of nitrogens with one attached hydrogen (secondary N) is 1. The highest BCUT2D eigenvalue weighted by atomic mass is 79.9. The Bertz CT molecular complexity index is 702. The lowest BCUT2D eigenvalue weighted by molar-refractivity contribution is -0.117. The van der Waals surface area contributed by atoms with Gasteiger partial charge in [0.2, 0.25) is 11.8 Å². The lowest BCUT2D eigenvalue weighted by Crippen LogP contribution is -2.30. The Morgan fingerprint density at radius 1 is 1.42 bits per heavy atom. The van der Waals surface area contributed by atoms with Gasteiger partial charge in [-0.1, -0.05) is 34.9 Å². The minimum Gasteiger partial charge on any atom is -0.496 e. The number of likely N-dealkylation sites (N-methyl/N-ethyl adjacent to an activating group) is 1. The van der Waals surface area contributed by atoms with Gasteiger partial charge in [-0.3, -0.25) is 15.0 Å². The number of amides is 1. The molecule has 0 saturated carbocycles. The zero-order valence-electron chi connectivity index (χ0n) is 14.2. The molecule has 0 saturated heterocycles. The van der Waals surface area contributed by atoms with Gasteiger partial charge in [-0.05, 0) is 25.2 Å². The predicted molar refractivity (Wildman–Crippen MR) is 94.0 cm³/mol. The van der Waals surface area contributed by atoms with Gasteiger partial charge in [0.25, 0.3) is 0 Å². The molecular weight excluding hydrogens is 376 g/mol. The summed E-state index contributed by atoms with van der Waals surface area (Å²) in [7, 11) is 3.48. The van der Waals surface area contributed by atoms with E-state index in [0.717, 1.165) is 15.8 Å². The number of ether oxygens (including phenoxy) is 1. The summed E-state index contributed by atoms with van der Waals surface area (Å²) in [4.78, 5) is 14.0. The molecule has 0 aliphatic heterocycles. The van der Waals surface area contributed by atoms with Crippen molar-refractivity contribution >= 4 is 27.9 Å². The number of benzene rings is 1. The lowest BCUT2D eigenvalue weighted by atomic mass is 10.2. The standard InChI is InChI=1S/C16H21BrN4O3/c1-10(2)15-19-20-16(24-15)18-14(22)9-21(3)8-11-7-12(17)5-6-13(11)23-4/h5-7,10H,8-9H2,1-4H3,(H,18,20,22). The molecule has 8 heteroatoms. The Kier molecular flexibility index (Phi) is 6.33. The highest BCUT2D eigenvalue weighted by Gasteiger charge is 2.14. The second kappa shape index (κ2) is 8.25. The van der Waals surface area contributed by atoms with Crippen molar-refractivity contribution in [2.45, 2.75) is 26.3 Å². The fourth-order valence-electron chi connectivity index (χ4n) is 2.14. The number of hydrogen-bond acceptors (Lipinski definition) is 6. The fraction of sp³-hybridized carbons (Fsp3) is 0.438. The van der Waals surface area contributed by atoms with Crippen molar-refractivity contribution in [2.75, 3.05) is 26.0 Å². The van der Waals surface area contributed by atoms with E-state index >= 15 is 0 Å². The molecule has 0 radical (unpaired) electrons. The van der Waals surface area contributed by atoms with Crippen molar-refractivity contribution in [2.24, 2.45) is 0 Å². The van der Waals surface area contributed by atoms with Gasteiger partial charge in [0.15, 0.2) is 0 Å². The number of anilines is 1. The van der Waals surface area contributed by atoms with Crippen LogP contribution in [0.3, 0.4) is 0 Å². The zero-order chi connectivity index (χ0) is 17.7. The van der Waals surface area contributed by atoms with E-state index < -0.39 is 0 Å². The summed E-state index contributed by atoms with van der Waals surface area (Å²) in [5, 5.41) is 10.3. The third-order valence-electron chi connectivity index (χ3n) is 3.28. The van der Waals surface area contributed by atoms with Gasteiger partial charge in [-0.25, -0.2) is 0 Å². The smallest absolute Gasteiger partial charge is 0.322 e. The lowest BCUT2D eigenvalue weighted by Gasteiger charge is -2.17. The fourth-order valence-corrected chi connectivity index (χ4v) is 2.55. The van der Waals surface area contributed by atoms with Crippen LogP contribution >= 0.6 is 15.9 Å². The predicted octanol–water partition coefficient (Wildman–Crippen LogP) is 3.03. The number of carbonyl (C=O) groups is 1. The second-order valence-corrected chi connectivity index (χ2v) is 6.69. The largest absolute Gasteiger partial charge is 0.496 e. The molecule has 0 fully saturated rings. The summed E-state index contributed by atoms with van der Waals surface area (Å²) >= 11 is 3.44. The first-order valence-electron chi connectivity index (χ1n) is 7.53. The molecule has 0 spiro atoms. The van der Waals surface area contributed by atoms with Crippen LogP contribution < -0.4 is 10.1 Å². The van der Waals surface area contributed by atoms with Crippen LogP contribution in [0.15, 0.2) is 27.1 Å². The minimum atomic E-state index is -0.217. The summed E-state index contributed by atoms with van der Waals surface area (Å²) in [6.45, 7) is 4.64. The van der Waals surface area contributed by atoms with Crippen molar-refractivity contribution < 1.29 is 13.9 Å². The van der Waals surface area contributed by atoms with Crippen LogP contribution in [0.5, 0.6) is 5.75 Å². The van der Waals surface area contributed by atoms with Crippen molar-refractivity contribution in [1.82, 2.24) is 15.1 Å². The normalized spacial score (nSPS) is 11.1. The van der Waals surface area contributed by atoms with E-state index in [-0.39, 0.29) is 24.4 Å². The molecule has 1 aromatic heterocycles. The van der Waals surface area contributed by atoms with E-state index in [1.54, 1.807) is 7.11 Å². The first-order valence-corrected chi connectivity index (χ1v) is 8.32. The van der Waals surface area contributed by atoms with Crippen LogP contribution in [0.2, 0.25) is 0 Å². The molecule has 0 atom stereocenters. The molecule has 130 valence electrons. The van der Waals surface area contributed by atoms with Gasteiger partial charge in [0.1, 0.15) is 5.75 Å². The maximum absolute atomic E-state index is 12.1. The first-order chi connectivity index (χ1) is 11.4. The summed E-state index contributed by atoms with van der Waals surface area (Å²) in [5.41, 5.74) is 0.988. The van der Waals surface area contributed by atoms with E-state index in [2.05, 4.69) is 31.4 Å². The topological polar surface area (TPSA) is 80.5 Å². The van der Waals surface area contributed by atoms with Crippen molar-refractivity contribution in [1.29, 1.82) is 0 Å². The van der Waals surface area contributed by atoms with Crippen LogP contribution in [-0.2, 0) is 11.3 Å². The average molecular weight is 397 g/mol. The second-order valence-electron chi connectivity index (χ2n) is 5.78. The quantitative estimate of drug-likeness (QED) is 0.774. The van der Waals surface area contributed by atoms with Crippen LogP contribution in [-0.4, -0.2) is 41.7 Å². The van der Waals surface area contributed by atoms with E-state index in [0.29, 0.717) is 12.4 Å². The molecule has 1 amide bonds. The molecule has 0 unspecified atom stereocenters.